The third-order valence-electron chi connectivity index (χ3n) is 2.91. The van der Waals surface area contributed by atoms with Crippen LogP contribution in [0.3, 0.4) is 0 Å². The molecule has 19 heavy (non-hydrogen) atoms. The van der Waals surface area contributed by atoms with E-state index in [2.05, 4.69) is 4.84 Å². The number of carbonyl (C=O) groups excluding carboxylic acids is 4. The first-order chi connectivity index (χ1) is 8.82. The highest BCUT2D eigenvalue weighted by Crippen LogP contribution is 2.13. The third kappa shape index (κ3) is 4.04. The summed E-state index contributed by atoms with van der Waals surface area (Å²) in [6, 6.07) is 0.0465. The molecular weight excluding hydrogens is 252 g/mol. The van der Waals surface area contributed by atoms with E-state index in [0.29, 0.717) is 5.06 Å². The summed E-state index contributed by atoms with van der Waals surface area (Å²) in [5.74, 6) is -1.99. The minimum Gasteiger partial charge on any atom is -0.343 e. The van der Waals surface area contributed by atoms with Gasteiger partial charge in [-0.3, -0.25) is 14.4 Å². The third-order valence-corrected chi connectivity index (χ3v) is 2.91. The smallest absolute Gasteiger partial charge is 0.333 e. The Morgan fingerprint density at radius 1 is 1.21 bits per heavy atom. The molecule has 0 radical (unpaired) electrons. The highest BCUT2D eigenvalue weighted by Gasteiger charge is 2.32. The zero-order valence-corrected chi connectivity index (χ0v) is 11.3. The largest absolute Gasteiger partial charge is 0.343 e. The lowest BCUT2D eigenvalue weighted by atomic mass is 10.2. The van der Waals surface area contributed by atoms with Crippen LogP contribution in [0.25, 0.3) is 0 Å². The second kappa shape index (κ2) is 6.31. The van der Waals surface area contributed by atoms with E-state index in [1.807, 2.05) is 13.8 Å². The van der Waals surface area contributed by atoms with Gasteiger partial charge in [0.15, 0.2) is 0 Å². The molecular formula is C12H18N2O5. The quantitative estimate of drug-likeness (QED) is 0.668. The molecule has 0 unspecified atom stereocenters. The topological polar surface area (TPSA) is 84.0 Å². The molecule has 0 spiro atoms. The molecule has 7 nitrogen and oxygen atoms in total. The molecule has 1 heterocycles. The van der Waals surface area contributed by atoms with Crippen LogP contribution in [-0.4, -0.2) is 46.7 Å². The van der Waals surface area contributed by atoms with Gasteiger partial charge < -0.3 is 9.74 Å². The fraction of sp³-hybridized carbons (Fsp3) is 0.667. The van der Waals surface area contributed by atoms with Gasteiger partial charge in [0, 0.05) is 32.4 Å². The van der Waals surface area contributed by atoms with Crippen molar-refractivity contribution in [2.75, 3.05) is 7.05 Å². The van der Waals surface area contributed by atoms with Gasteiger partial charge in [0.1, 0.15) is 0 Å². The summed E-state index contributed by atoms with van der Waals surface area (Å²) in [5.41, 5.74) is 0. The van der Waals surface area contributed by atoms with E-state index in [-0.39, 0.29) is 37.6 Å². The first-order valence-electron chi connectivity index (χ1n) is 6.15. The number of hydroxylamine groups is 2. The zero-order chi connectivity index (χ0) is 14.6. The maximum absolute atomic E-state index is 11.6. The average Bonchev–Trinajstić information content (AvgIpc) is 2.66. The fourth-order valence-electron chi connectivity index (χ4n) is 1.48. The van der Waals surface area contributed by atoms with Crippen LogP contribution in [0.15, 0.2) is 0 Å². The lowest BCUT2D eigenvalue weighted by Crippen LogP contribution is -2.34. The molecule has 0 saturated carbocycles. The van der Waals surface area contributed by atoms with Gasteiger partial charge in [-0.1, -0.05) is 0 Å². The van der Waals surface area contributed by atoms with Gasteiger partial charge in [0.05, 0.1) is 6.42 Å². The van der Waals surface area contributed by atoms with E-state index < -0.39 is 17.8 Å². The lowest BCUT2D eigenvalue weighted by molar-refractivity contribution is -0.197. The van der Waals surface area contributed by atoms with Crippen molar-refractivity contribution >= 4 is 23.7 Å². The first kappa shape index (κ1) is 15.1. The number of carbonyl (C=O) groups is 4. The number of hydrogen-bond acceptors (Lipinski definition) is 5. The van der Waals surface area contributed by atoms with Gasteiger partial charge in [-0.25, -0.2) is 4.79 Å². The van der Waals surface area contributed by atoms with E-state index in [9.17, 15) is 19.2 Å². The SMILES string of the molecule is CC(C)N(C)C(=O)CCC(=O)ON1C(=O)CCC1=O. The second-order valence-corrected chi connectivity index (χ2v) is 4.64. The van der Waals surface area contributed by atoms with Crippen LogP contribution >= 0.6 is 0 Å². The summed E-state index contributed by atoms with van der Waals surface area (Å²) < 4.78 is 0. The van der Waals surface area contributed by atoms with E-state index in [1.165, 1.54) is 4.90 Å². The number of amides is 3. The van der Waals surface area contributed by atoms with Gasteiger partial charge in [-0.2, -0.15) is 0 Å². The van der Waals surface area contributed by atoms with Gasteiger partial charge >= 0.3 is 5.97 Å². The van der Waals surface area contributed by atoms with E-state index in [4.69, 9.17) is 0 Å². The predicted molar refractivity (Wildman–Crippen MR) is 64.3 cm³/mol. The number of rotatable bonds is 5. The standard InChI is InChI=1S/C12H18N2O5/c1-8(2)13(3)9(15)6-7-12(18)19-14-10(16)4-5-11(14)17/h8H,4-7H2,1-3H3. The monoisotopic (exact) mass is 270 g/mol. The molecule has 0 aromatic rings. The molecule has 0 N–H and O–H groups in total. The molecule has 0 bridgehead atoms. The Labute approximate surface area is 111 Å². The minimum atomic E-state index is -0.755. The van der Waals surface area contributed by atoms with Crippen LogP contribution in [-0.2, 0) is 24.0 Å². The van der Waals surface area contributed by atoms with Crippen LogP contribution < -0.4 is 0 Å². The first-order valence-corrected chi connectivity index (χ1v) is 6.15. The Kier molecular flexibility index (Phi) is 5.02. The van der Waals surface area contributed by atoms with Crippen molar-refractivity contribution in [2.45, 2.75) is 45.6 Å². The van der Waals surface area contributed by atoms with Crippen molar-refractivity contribution in [3.8, 4) is 0 Å². The molecule has 0 aromatic heterocycles. The van der Waals surface area contributed by atoms with Crippen molar-refractivity contribution < 1.29 is 24.0 Å². The average molecular weight is 270 g/mol. The maximum atomic E-state index is 11.6. The Morgan fingerprint density at radius 3 is 2.21 bits per heavy atom. The summed E-state index contributed by atoms with van der Waals surface area (Å²) in [6.45, 7) is 3.72. The van der Waals surface area contributed by atoms with Crippen LogP contribution in [0, 0.1) is 0 Å². The van der Waals surface area contributed by atoms with Crippen LogP contribution in [0.1, 0.15) is 39.5 Å². The Morgan fingerprint density at radius 2 is 1.74 bits per heavy atom. The molecule has 1 saturated heterocycles. The van der Waals surface area contributed by atoms with E-state index in [0.717, 1.165) is 0 Å². The summed E-state index contributed by atoms with van der Waals surface area (Å²) in [6.07, 6.45) is -0.0566. The molecule has 3 amide bonds. The van der Waals surface area contributed by atoms with Gasteiger partial charge in [-0.05, 0) is 13.8 Å². The van der Waals surface area contributed by atoms with Crippen molar-refractivity contribution in [1.82, 2.24) is 9.96 Å². The van der Waals surface area contributed by atoms with Crippen LogP contribution in [0.4, 0.5) is 0 Å². The zero-order valence-electron chi connectivity index (χ0n) is 11.3. The number of imide groups is 1. The molecule has 1 aliphatic rings. The number of hydrogen-bond donors (Lipinski definition) is 0. The molecule has 1 aliphatic heterocycles. The van der Waals surface area contributed by atoms with Gasteiger partial charge in [0.2, 0.25) is 5.91 Å². The summed E-state index contributed by atoms with van der Waals surface area (Å²) >= 11 is 0. The Balaban J connectivity index is 2.38. The van der Waals surface area contributed by atoms with Crippen molar-refractivity contribution in [3.63, 3.8) is 0 Å². The van der Waals surface area contributed by atoms with Gasteiger partial charge in [-0.15, -0.1) is 5.06 Å². The molecule has 7 heteroatoms. The summed E-state index contributed by atoms with van der Waals surface area (Å²) in [5, 5.41) is 0.485. The van der Waals surface area contributed by atoms with Gasteiger partial charge in [0.25, 0.3) is 11.8 Å². The molecule has 106 valence electrons. The predicted octanol–water partition coefficient (Wildman–Crippen LogP) is 0.241. The van der Waals surface area contributed by atoms with Crippen LogP contribution in [0.2, 0.25) is 0 Å². The van der Waals surface area contributed by atoms with Crippen LogP contribution in [0.5, 0.6) is 0 Å². The van der Waals surface area contributed by atoms with E-state index >= 15 is 0 Å². The number of nitrogens with zero attached hydrogens (tertiary/aromatic N) is 2. The summed E-state index contributed by atoms with van der Waals surface area (Å²) in [4.78, 5) is 51.7. The van der Waals surface area contributed by atoms with Crippen molar-refractivity contribution in [1.29, 1.82) is 0 Å². The molecule has 1 fully saturated rings. The Bertz CT molecular complexity index is 389. The second-order valence-electron chi connectivity index (χ2n) is 4.64. The minimum absolute atomic E-state index is 0.0102. The van der Waals surface area contributed by atoms with Crippen molar-refractivity contribution in [3.05, 3.63) is 0 Å². The maximum Gasteiger partial charge on any atom is 0.333 e. The molecule has 0 aliphatic carbocycles. The Hall–Kier alpha value is -1.92. The van der Waals surface area contributed by atoms with E-state index in [1.54, 1.807) is 7.05 Å². The molecule has 1 rings (SSSR count). The van der Waals surface area contributed by atoms with Crippen molar-refractivity contribution in [2.24, 2.45) is 0 Å². The highest BCUT2D eigenvalue weighted by molar-refractivity contribution is 6.01. The summed E-state index contributed by atoms with van der Waals surface area (Å²) in [7, 11) is 1.64. The fourth-order valence-corrected chi connectivity index (χ4v) is 1.48. The highest BCUT2D eigenvalue weighted by atomic mass is 16.7. The lowest BCUT2D eigenvalue weighted by Gasteiger charge is -2.21. The molecule has 0 atom stereocenters. The molecule has 0 aromatic carbocycles. The normalized spacial score (nSPS) is 15.1.